The molecule has 0 aliphatic heterocycles. The first-order valence-electron chi connectivity index (χ1n) is 9.20. The topological polar surface area (TPSA) is 82.5 Å². The molecule has 2 rings (SSSR count). The first-order valence-corrected chi connectivity index (χ1v) is 9.20. The number of carbonyl (C=O) groups excluding carboxylic acids is 2. The highest BCUT2D eigenvalue weighted by molar-refractivity contribution is 5.81. The van der Waals surface area contributed by atoms with E-state index >= 15 is 0 Å². The van der Waals surface area contributed by atoms with E-state index in [1.807, 2.05) is 10.8 Å². The fourth-order valence-corrected chi connectivity index (χ4v) is 2.74. The lowest BCUT2D eigenvalue weighted by molar-refractivity contribution is -0.143. The van der Waals surface area contributed by atoms with Crippen molar-refractivity contribution in [2.45, 2.75) is 64.6 Å². The SMILES string of the molecule is COC(=O)[C@H](Cc1cn(CCC2=CCCC=C2)cn1)NC(=O)OC(C)(C)C. The predicted octanol–water partition coefficient (Wildman–Crippen LogP) is 3.16. The van der Waals surface area contributed by atoms with E-state index < -0.39 is 23.7 Å². The van der Waals surface area contributed by atoms with Crippen LogP contribution in [0.1, 0.15) is 45.7 Å². The van der Waals surface area contributed by atoms with Crippen LogP contribution in [0.4, 0.5) is 4.79 Å². The number of carbonyl (C=O) groups is 2. The number of rotatable bonds is 7. The standard InChI is InChI=1S/C20H29N3O4/c1-20(2,3)27-19(25)22-17(18(24)26-4)12-16-13-23(14-21-16)11-10-15-8-6-5-7-9-15/h6,8-9,13-14,17H,5,7,10-12H2,1-4H3,(H,22,25)/t17-/m0/s1. The van der Waals surface area contributed by atoms with Gasteiger partial charge >= 0.3 is 12.1 Å². The minimum Gasteiger partial charge on any atom is -0.467 e. The first-order chi connectivity index (χ1) is 12.8. The lowest BCUT2D eigenvalue weighted by atomic mass is 10.0. The van der Waals surface area contributed by atoms with E-state index in [0.717, 1.165) is 25.8 Å². The number of hydrogen-bond donors (Lipinski definition) is 1. The summed E-state index contributed by atoms with van der Waals surface area (Å²) in [6.45, 7) is 6.10. The highest BCUT2D eigenvalue weighted by atomic mass is 16.6. The minimum absolute atomic E-state index is 0.238. The van der Waals surface area contributed by atoms with Gasteiger partial charge in [0.1, 0.15) is 11.6 Å². The van der Waals surface area contributed by atoms with Crippen LogP contribution in [-0.2, 0) is 27.2 Å². The molecule has 1 amide bonds. The Hall–Kier alpha value is -2.57. The normalized spacial score (nSPS) is 15.0. The van der Waals surface area contributed by atoms with E-state index in [9.17, 15) is 9.59 Å². The number of methoxy groups -OCH3 is 1. The summed E-state index contributed by atoms with van der Waals surface area (Å²) in [4.78, 5) is 28.3. The zero-order valence-corrected chi connectivity index (χ0v) is 16.5. The summed E-state index contributed by atoms with van der Waals surface area (Å²) in [6, 6.07) is -0.850. The van der Waals surface area contributed by atoms with Crippen LogP contribution in [-0.4, -0.2) is 40.4 Å². The molecule has 0 saturated heterocycles. The largest absolute Gasteiger partial charge is 0.467 e. The number of aryl methyl sites for hydroxylation is 1. The van der Waals surface area contributed by atoms with Gasteiger partial charge in [-0.15, -0.1) is 0 Å². The molecule has 1 aromatic heterocycles. The number of aromatic nitrogens is 2. The second-order valence-electron chi connectivity index (χ2n) is 7.54. The number of hydrogen-bond acceptors (Lipinski definition) is 5. The summed E-state index contributed by atoms with van der Waals surface area (Å²) in [5.41, 5.74) is 1.39. The number of nitrogens with zero attached hydrogens (tertiary/aromatic N) is 2. The van der Waals surface area contributed by atoms with Gasteiger partial charge in [0.2, 0.25) is 0 Å². The Bertz CT molecular complexity index is 713. The van der Waals surface area contributed by atoms with E-state index in [2.05, 4.69) is 28.5 Å². The maximum atomic E-state index is 12.0. The molecule has 1 aromatic rings. The van der Waals surface area contributed by atoms with Gasteiger partial charge in [0.15, 0.2) is 0 Å². The van der Waals surface area contributed by atoms with Gasteiger partial charge in [-0.3, -0.25) is 0 Å². The number of alkyl carbamates (subject to hydrolysis) is 1. The molecule has 7 heteroatoms. The summed E-state index contributed by atoms with van der Waals surface area (Å²) < 4.78 is 12.0. The number of amides is 1. The maximum absolute atomic E-state index is 12.0. The lowest BCUT2D eigenvalue weighted by Gasteiger charge is -2.22. The van der Waals surface area contributed by atoms with Crippen molar-refractivity contribution in [3.8, 4) is 0 Å². The lowest BCUT2D eigenvalue weighted by Crippen LogP contribution is -2.45. The summed E-state index contributed by atoms with van der Waals surface area (Å²) >= 11 is 0. The molecule has 0 fully saturated rings. The van der Waals surface area contributed by atoms with Gasteiger partial charge < -0.3 is 19.4 Å². The fraction of sp³-hybridized carbons (Fsp3) is 0.550. The van der Waals surface area contributed by atoms with Crippen molar-refractivity contribution >= 4 is 12.1 Å². The zero-order chi connectivity index (χ0) is 19.9. The fourth-order valence-electron chi connectivity index (χ4n) is 2.74. The molecule has 0 bridgehead atoms. The van der Waals surface area contributed by atoms with E-state index in [1.165, 1.54) is 12.7 Å². The Balaban J connectivity index is 1.93. The van der Waals surface area contributed by atoms with Crippen LogP contribution in [0.15, 0.2) is 36.3 Å². The number of imidazole rings is 1. The van der Waals surface area contributed by atoms with Crippen molar-refractivity contribution < 1.29 is 19.1 Å². The van der Waals surface area contributed by atoms with Crippen molar-refractivity contribution in [3.63, 3.8) is 0 Å². The van der Waals surface area contributed by atoms with Gasteiger partial charge in [-0.2, -0.15) is 0 Å². The van der Waals surface area contributed by atoms with Crippen LogP contribution in [0.2, 0.25) is 0 Å². The second kappa shape index (κ2) is 9.39. The quantitative estimate of drug-likeness (QED) is 0.740. The number of ether oxygens (including phenoxy) is 2. The Morgan fingerprint density at radius 1 is 1.33 bits per heavy atom. The average molecular weight is 375 g/mol. The van der Waals surface area contributed by atoms with Gasteiger partial charge in [-0.1, -0.05) is 23.8 Å². The summed E-state index contributed by atoms with van der Waals surface area (Å²) in [6.07, 6.45) is 13.0. The van der Waals surface area contributed by atoms with E-state index in [-0.39, 0.29) is 6.42 Å². The monoisotopic (exact) mass is 375 g/mol. The zero-order valence-electron chi connectivity index (χ0n) is 16.5. The maximum Gasteiger partial charge on any atom is 0.408 e. The predicted molar refractivity (Wildman–Crippen MR) is 102 cm³/mol. The molecule has 27 heavy (non-hydrogen) atoms. The Kier molecular flexibility index (Phi) is 7.21. The molecule has 1 aliphatic carbocycles. The molecule has 1 heterocycles. The van der Waals surface area contributed by atoms with Gasteiger partial charge in [-0.05, 0) is 40.0 Å². The molecule has 0 radical (unpaired) electrons. The van der Waals surface area contributed by atoms with E-state index in [1.54, 1.807) is 27.1 Å². The summed E-state index contributed by atoms with van der Waals surface area (Å²) in [5, 5.41) is 2.56. The Morgan fingerprint density at radius 3 is 2.74 bits per heavy atom. The van der Waals surface area contributed by atoms with Crippen LogP contribution in [0.25, 0.3) is 0 Å². The molecule has 0 aromatic carbocycles. The van der Waals surface area contributed by atoms with Crippen molar-refractivity contribution in [1.82, 2.24) is 14.9 Å². The third kappa shape index (κ3) is 7.29. The van der Waals surface area contributed by atoms with Crippen LogP contribution in [0, 0.1) is 0 Å². The Morgan fingerprint density at radius 2 is 2.11 bits per heavy atom. The molecule has 1 N–H and O–H groups in total. The molecule has 1 aliphatic rings. The van der Waals surface area contributed by atoms with Crippen molar-refractivity contribution in [2.75, 3.05) is 7.11 Å². The van der Waals surface area contributed by atoms with Gasteiger partial charge in [0.25, 0.3) is 0 Å². The third-order valence-corrected chi connectivity index (χ3v) is 4.01. The Labute approximate surface area is 160 Å². The molecular formula is C20H29N3O4. The van der Waals surface area contributed by atoms with Crippen molar-refractivity contribution in [2.24, 2.45) is 0 Å². The third-order valence-electron chi connectivity index (χ3n) is 4.01. The molecule has 0 spiro atoms. The van der Waals surface area contributed by atoms with Crippen LogP contribution in [0.5, 0.6) is 0 Å². The van der Waals surface area contributed by atoms with Crippen LogP contribution < -0.4 is 5.32 Å². The van der Waals surface area contributed by atoms with Gasteiger partial charge in [0.05, 0.1) is 19.1 Å². The molecule has 7 nitrogen and oxygen atoms in total. The van der Waals surface area contributed by atoms with Crippen LogP contribution >= 0.6 is 0 Å². The molecular weight excluding hydrogens is 346 g/mol. The van der Waals surface area contributed by atoms with Crippen molar-refractivity contribution in [1.29, 1.82) is 0 Å². The van der Waals surface area contributed by atoms with Gasteiger partial charge in [0, 0.05) is 19.2 Å². The van der Waals surface area contributed by atoms with Gasteiger partial charge in [-0.25, -0.2) is 14.6 Å². The second-order valence-corrected chi connectivity index (χ2v) is 7.54. The molecule has 148 valence electrons. The summed E-state index contributed by atoms with van der Waals surface area (Å²) in [7, 11) is 1.29. The highest BCUT2D eigenvalue weighted by Crippen LogP contribution is 2.14. The number of nitrogens with one attached hydrogen (secondary N) is 1. The number of esters is 1. The van der Waals surface area contributed by atoms with Crippen molar-refractivity contribution in [3.05, 3.63) is 42.0 Å². The molecule has 1 atom stereocenters. The molecule has 0 saturated carbocycles. The smallest absolute Gasteiger partial charge is 0.408 e. The van der Waals surface area contributed by atoms with E-state index in [0.29, 0.717) is 5.69 Å². The molecule has 0 unspecified atom stereocenters. The average Bonchev–Trinajstić information content (AvgIpc) is 3.05. The summed E-state index contributed by atoms with van der Waals surface area (Å²) in [5.74, 6) is -0.534. The highest BCUT2D eigenvalue weighted by Gasteiger charge is 2.26. The minimum atomic E-state index is -0.850. The first kappa shape index (κ1) is 20.7. The number of allylic oxidation sites excluding steroid dienone is 4. The van der Waals surface area contributed by atoms with Crippen LogP contribution in [0.3, 0.4) is 0 Å². The van der Waals surface area contributed by atoms with E-state index in [4.69, 9.17) is 9.47 Å².